The predicted octanol–water partition coefficient (Wildman–Crippen LogP) is 4.29. The van der Waals surface area contributed by atoms with Gasteiger partial charge in [0.1, 0.15) is 5.69 Å². The first-order valence-electron chi connectivity index (χ1n) is 13.4. The number of hydrogen-bond donors (Lipinski definition) is 2. The molecule has 0 saturated carbocycles. The third kappa shape index (κ3) is 6.56. The number of anilines is 5. The summed E-state index contributed by atoms with van der Waals surface area (Å²) in [7, 11) is 7.18. The van der Waals surface area contributed by atoms with E-state index in [-0.39, 0.29) is 17.9 Å². The second kappa shape index (κ2) is 12.5. The minimum Gasteiger partial charge on any atom is -0.478 e. The molecular weight excluding hydrogens is 534 g/mol. The molecular formula is C30H33N9O3. The van der Waals surface area contributed by atoms with Crippen molar-refractivity contribution in [2.24, 2.45) is 7.05 Å². The molecule has 2 aromatic carbocycles. The summed E-state index contributed by atoms with van der Waals surface area (Å²) in [5.74, 6) is 0.858. The molecule has 2 aromatic heterocycles. The molecule has 0 fully saturated rings. The number of fused-ring (bicyclic) bond motifs is 1. The summed E-state index contributed by atoms with van der Waals surface area (Å²) >= 11 is 0. The molecule has 0 aliphatic carbocycles. The van der Waals surface area contributed by atoms with Crippen LogP contribution in [0.4, 0.5) is 33.6 Å². The number of urea groups is 1. The Morgan fingerprint density at radius 3 is 2.71 bits per heavy atom. The van der Waals surface area contributed by atoms with Crippen LogP contribution in [0.15, 0.2) is 79.1 Å². The third-order valence-corrected chi connectivity index (χ3v) is 6.44. The van der Waals surface area contributed by atoms with Gasteiger partial charge in [-0.05, 0) is 37.9 Å². The van der Waals surface area contributed by atoms with Gasteiger partial charge >= 0.3 is 6.03 Å². The lowest BCUT2D eigenvalue weighted by Crippen LogP contribution is -2.45. The van der Waals surface area contributed by atoms with Crippen LogP contribution in [0.2, 0.25) is 0 Å². The zero-order valence-corrected chi connectivity index (χ0v) is 24.0. The van der Waals surface area contributed by atoms with E-state index < -0.39 is 0 Å². The summed E-state index contributed by atoms with van der Waals surface area (Å²) in [6, 6.07) is 16.7. The number of likely N-dealkylation sites (N-methyl/N-ethyl adjacent to an activating group) is 1. The summed E-state index contributed by atoms with van der Waals surface area (Å²) in [5.41, 5.74) is 3.47. The van der Waals surface area contributed by atoms with Gasteiger partial charge in [0.25, 0.3) is 5.88 Å². The minimum absolute atomic E-state index is 0.246. The number of carbonyl (C=O) groups excluding carboxylic acids is 2. The fraction of sp³-hybridized carbons (Fsp3) is 0.233. The smallest absolute Gasteiger partial charge is 0.330 e. The molecule has 0 unspecified atom stereocenters. The quantitative estimate of drug-likeness (QED) is 0.272. The van der Waals surface area contributed by atoms with Gasteiger partial charge < -0.3 is 25.2 Å². The van der Waals surface area contributed by atoms with Crippen LogP contribution >= 0.6 is 0 Å². The van der Waals surface area contributed by atoms with Gasteiger partial charge in [0.15, 0.2) is 5.82 Å². The van der Waals surface area contributed by atoms with Crippen molar-refractivity contribution >= 4 is 40.8 Å². The summed E-state index contributed by atoms with van der Waals surface area (Å²) < 4.78 is 6.96. The average molecular weight is 568 g/mol. The average Bonchev–Trinajstić information content (AvgIpc) is 3.33. The van der Waals surface area contributed by atoms with Crippen LogP contribution in [-0.4, -0.2) is 69.2 Å². The number of amides is 3. The maximum atomic E-state index is 14.0. The number of nitrogens with one attached hydrogen (secondary N) is 2. The minimum atomic E-state index is -0.260. The zero-order chi connectivity index (χ0) is 29.6. The van der Waals surface area contributed by atoms with Crippen LogP contribution in [-0.2, 0) is 24.9 Å². The van der Waals surface area contributed by atoms with E-state index in [0.717, 1.165) is 11.1 Å². The van der Waals surface area contributed by atoms with E-state index in [2.05, 4.69) is 20.7 Å². The Hall–Kier alpha value is -5.23. The van der Waals surface area contributed by atoms with Crippen LogP contribution in [0, 0.1) is 0 Å². The highest BCUT2D eigenvalue weighted by molar-refractivity contribution is 6.03. The molecule has 1 aliphatic rings. The first-order valence-corrected chi connectivity index (χ1v) is 13.4. The third-order valence-electron chi connectivity index (χ3n) is 6.44. The highest BCUT2D eigenvalue weighted by Crippen LogP contribution is 2.36. The fourth-order valence-corrected chi connectivity index (χ4v) is 4.53. The zero-order valence-electron chi connectivity index (χ0n) is 24.0. The summed E-state index contributed by atoms with van der Waals surface area (Å²) in [4.78, 5) is 41.1. The molecule has 0 radical (unpaired) electrons. The number of rotatable bonds is 10. The molecule has 12 heteroatoms. The Morgan fingerprint density at radius 2 is 1.95 bits per heavy atom. The second-order valence-electron chi connectivity index (χ2n) is 10.1. The predicted molar refractivity (Wildman–Crippen MR) is 161 cm³/mol. The normalized spacial score (nSPS) is 13.0. The molecule has 42 heavy (non-hydrogen) atoms. The SMILES string of the molecule is COc1nn(C)cc1Nc1ncc2c(n1)N(c1cccc(NC(=O)/C=C/CN(C)C)c1)C(=O)N(Cc1ccccc1)C2. The molecule has 0 saturated heterocycles. The van der Waals surface area contributed by atoms with Gasteiger partial charge in [-0.15, -0.1) is 5.10 Å². The summed E-state index contributed by atoms with van der Waals surface area (Å²) in [5, 5.41) is 10.3. The monoisotopic (exact) mass is 567 g/mol. The lowest BCUT2D eigenvalue weighted by molar-refractivity contribution is -0.111. The maximum Gasteiger partial charge on any atom is 0.330 e. The van der Waals surface area contributed by atoms with E-state index in [1.807, 2.05) is 55.4 Å². The van der Waals surface area contributed by atoms with Crippen molar-refractivity contribution < 1.29 is 14.3 Å². The van der Waals surface area contributed by atoms with E-state index in [4.69, 9.17) is 9.72 Å². The molecule has 12 nitrogen and oxygen atoms in total. The number of carbonyl (C=O) groups is 2. The number of nitrogens with zero attached hydrogens (tertiary/aromatic N) is 7. The molecule has 0 bridgehead atoms. The molecule has 5 rings (SSSR count). The number of methoxy groups -OCH3 is 1. The van der Waals surface area contributed by atoms with Crippen molar-refractivity contribution in [2.45, 2.75) is 13.1 Å². The van der Waals surface area contributed by atoms with Crippen LogP contribution in [0.25, 0.3) is 0 Å². The van der Waals surface area contributed by atoms with Crippen molar-refractivity contribution in [3.05, 3.63) is 90.3 Å². The molecule has 0 spiro atoms. The van der Waals surface area contributed by atoms with Gasteiger partial charge in [-0.1, -0.05) is 42.5 Å². The van der Waals surface area contributed by atoms with E-state index >= 15 is 0 Å². The molecule has 3 heterocycles. The first kappa shape index (κ1) is 28.3. The molecule has 2 N–H and O–H groups in total. The van der Waals surface area contributed by atoms with E-state index in [1.54, 1.807) is 58.2 Å². The van der Waals surface area contributed by atoms with Crippen molar-refractivity contribution in [3.8, 4) is 5.88 Å². The number of benzene rings is 2. The van der Waals surface area contributed by atoms with E-state index in [1.165, 1.54) is 13.2 Å². The highest BCUT2D eigenvalue weighted by Gasteiger charge is 2.34. The summed E-state index contributed by atoms with van der Waals surface area (Å²) in [6.07, 6.45) is 6.75. The van der Waals surface area contributed by atoms with Crippen LogP contribution in [0.5, 0.6) is 5.88 Å². The Morgan fingerprint density at radius 1 is 1.14 bits per heavy atom. The van der Waals surface area contributed by atoms with E-state index in [9.17, 15) is 9.59 Å². The molecule has 216 valence electrons. The standard InChI is InChI=1S/C30H33N9O3/c1-36(2)15-9-14-26(40)32-23-12-8-13-24(16-23)39-27-22(19-38(30(39)41)18-21-10-6-5-7-11-21)17-31-29(34-27)33-25-20-37(3)35-28(25)42-4/h5-14,16-17,20H,15,18-19H2,1-4H3,(H,32,40)(H,31,33,34)/b14-9+. The van der Waals surface area contributed by atoms with Gasteiger partial charge in [0.2, 0.25) is 11.9 Å². The first-order chi connectivity index (χ1) is 20.3. The Bertz CT molecular complexity index is 1600. The Labute approximate surface area is 244 Å². The van der Waals surface area contributed by atoms with Crippen LogP contribution in [0.1, 0.15) is 11.1 Å². The lowest BCUT2D eigenvalue weighted by atomic mass is 10.1. The van der Waals surface area contributed by atoms with Crippen molar-refractivity contribution in [2.75, 3.05) is 43.3 Å². The number of aromatic nitrogens is 4. The van der Waals surface area contributed by atoms with Gasteiger partial charge in [-0.25, -0.2) is 14.7 Å². The van der Waals surface area contributed by atoms with E-state index in [0.29, 0.717) is 48.4 Å². The Kier molecular flexibility index (Phi) is 8.44. The van der Waals surface area contributed by atoms with Gasteiger partial charge in [0, 0.05) is 43.7 Å². The van der Waals surface area contributed by atoms with Gasteiger partial charge in [0.05, 0.1) is 25.5 Å². The molecule has 3 amide bonds. The fourth-order valence-electron chi connectivity index (χ4n) is 4.53. The second-order valence-corrected chi connectivity index (χ2v) is 10.1. The van der Waals surface area contributed by atoms with Gasteiger partial charge in [-0.3, -0.25) is 9.48 Å². The maximum absolute atomic E-state index is 14.0. The van der Waals surface area contributed by atoms with Gasteiger partial charge in [-0.2, -0.15) is 4.98 Å². The lowest BCUT2D eigenvalue weighted by Gasteiger charge is -2.36. The topological polar surface area (TPSA) is 121 Å². The molecule has 4 aromatic rings. The number of hydrogen-bond acceptors (Lipinski definition) is 8. The Balaban J connectivity index is 1.49. The molecule has 1 aliphatic heterocycles. The van der Waals surface area contributed by atoms with Crippen molar-refractivity contribution in [3.63, 3.8) is 0 Å². The number of ether oxygens (including phenoxy) is 1. The molecule has 0 atom stereocenters. The van der Waals surface area contributed by atoms with Crippen molar-refractivity contribution in [1.82, 2.24) is 29.5 Å². The summed E-state index contributed by atoms with van der Waals surface area (Å²) in [6.45, 7) is 1.39. The van der Waals surface area contributed by atoms with Crippen LogP contribution < -0.4 is 20.3 Å². The highest BCUT2D eigenvalue weighted by atomic mass is 16.5. The van der Waals surface area contributed by atoms with Crippen molar-refractivity contribution in [1.29, 1.82) is 0 Å². The largest absolute Gasteiger partial charge is 0.478 e. The van der Waals surface area contributed by atoms with Crippen LogP contribution in [0.3, 0.4) is 0 Å². The number of aryl methyl sites for hydroxylation is 1.